The van der Waals surface area contributed by atoms with Crippen molar-refractivity contribution in [3.63, 3.8) is 0 Å². The van der Waals surface area contributed by atoms with Gasteiger partial charge in [0, 0.05) is 10.7 Å². The van der Waals surface area contributed by atoms with Crippen LogP contribution in [0.25, 0.3) is 0 Å². The number of rotatable bonds is 4. The minimum atomic E-state index is -0.183. The van der Waals surface area contributed by atoms with Gasteiger partial charge in [-0.15, -0.1) is 0 Å². The first-order chi connectivity index (χ1) is 10.2. The fourth-order valence-electron chi connectivity index (χ4n) is 2.52. The van der Waals surface area contributed by atoms with Gasteiger partial charge in [-0.3, -0.25) is 4.79 Å². The average molecular weight is 302 g/mol. The third-order valence-electron chi connectivity index (χ3n) is 3.57. The molecule has 0 saturated carbocycles. The van der Waals surface area contributed by atoms with Crippen molar-refractivity contribution in [2.24, 2.45) is 0 Å². The molecule has 0 radical (unpaired) electrons. The molecule has 0 heterocycles. The topological polar surface area (TPSA) is 38.3 Å². The predicted octanol–water partition coefficient (Wildman–Crippen LogP) is 3.85. The highest BCUT2D eigenvalue weighted by atomic mass is 35.5. The number of aryl methyl sites for hydroxylation is 2. The van der Waals surface area contributed by atoms with E-state index in [-0.39, 0.29) is 12.5 Å². The Balaban J connectivity index is 1.55. The van der Waals surface area contributed by atoms with Crippen molar-refractivity contribution < 1.29 is 9.53 Å². The highest BCUT2D eigenvalue weighted by molar-refractivity contribution is 6.30. The lowest BCUT2D eigenvalue weighted by Gasteiger charge is -2.09. The summed E-state index contributed by atoms with van der Waals surface area (Å²) in [5.41, 5.74) is 3.44. The smallest absolute Gasteiger partial charge is 0.262 e. The molecule has 1 aliphatic carbocycles. The molecule has 0 unspecified atom stereocenters. The molecule has 21 heavy (non-hydrogen) atoms. The fourth-order valence-corrected chi connectivity index (χ4v) is 2.64. The summed E-state index contributed by atoms with van der Waals surface area (Å²) in [7, 11) is 0. The van der Waals surface area contributed by atoms with E-state index in [4.69, 9.17) is 16.3 Å². The Labute approximate surface area is 128 Å². The summed E-state index contributed by atoms with van der Waals surface area (Å²) in [4.78, 5) is 11.8. The summed E-state index contributed by atoms with van der Waals surface area (Å²) >= 11 is 5.80. The van der Waals surface area contributed by atoms with Gasteiger partial charge >= 0.3 is 0 Å². The number of benzene rings is 2. The van der Waals surface area contributed by atoms with Crippen LogP contribution in [0.5, 0.6) is 5.75 Å². The van der Waals surface area contributed by atoms with Crippen molar-refractivity contribution in [2.45, 2.75) is 19.3 Å². The van der Waals surface area contributed by atoms with Gasteiger partial charge in [0.2, 0.25) is 0 Å². The second kappa shape index (κ2) is 6.19. The van der Waals surface area contributed by atoms with Crippen LogP contribution in [0, 0.1) is 0 Å². The van der Waals surface area contributed by atoms with Gasteiger partial charge in [0.25, 0.3) is 5.91 Å². The molecule has 1 aliphatic rings. The molecule has 108 valence electrons. The first kappa shape index (κ1) is 14.0. The lowest BCUT2D eigenvalue weighted by atomic mass is 10.1. The van der Waals surface area contributed by atoms with Gasteiger partial charge in [-0.2, -0.15) is 0 Å². The molecule has 2 aromatic rings. The molecular weight excluding hydrogens is 286 g/mol. The van der Waals surface area contributed by atoms with E-state index in [1.165, 1.54) is 17.5 Å². The molecule has 1 N–H and O–H groups in total. The number of amides is 1. The van der Waals surface area contributed by atoms with Gasteiger partial charge in [-0.1, -0.05) is 17.7 Å². The molecule has 4 heteroatoms. The number of hydrogen-bond acceptors (Lipinski definition) is 2. The first-order valence-corrected chi connectivity index (χ1v) is 7.38. The number of ether oxygens (including phenoxy) is 1. The molecule has 1 amide bonds. The number of carbonyl (C=O) groups is 1. The zero-order valence-electron chi connectivity index (χ0n) is 11.6. The minimum absolute atomic E-state index is 0.00140. The third-order valence-corrected chi connectivity index (χ3v) is 3.82. The maximum atomic E-state index is 11.8. The quantitative estimate of drug-likeness (QED) is 0.931. The monoisotopic (exact) mass is 301 g/mol. The van der Waals surface area contributed by atoms with Gasteiger partial charge in [-0.05, 0) is 66.8 Å². The SMILES string of the molecule is O=C(COc1ccc2c(c1)CCC2)Nc1ccc(Cl)cc1. The van der Waals surface area contributed by atoms with E-state index in [0.29, 0.717) is 10.7 Å². The predicted molar refractivity (Wildman–Crippen MR) is 84.0 cm³/mol. The van der Waals surface area contributed by atoms with Gasteiger partial charge in [-0.25, -0.2) is 0 Å². The molecule has 3 nitrogen and oxygen atoms in total. The van der Waals surface area contributed by atoms with Gasteiger partial charge in [0.15, 0.2) is 6.61 Å². The van der Waals surface area contributed by atoms with Crippen LogP contribution in [0.2, 0.25) is 5.02 Å². The molecule has 0 atom stereocenters. The summed E-state index contributed by atoms with van der Waals surface area (Å²) < 4.78 is 5.55. The Kier molecular flexibility index (Phi) is 4.11. The number of anilines is 1. The van der Waals surface area contributed by atoms with E-state index in [0.717, 1.165) is 18.6 Å². The van der Waals surface area contributed by atoms with Crippen LogP contribution < -0.4 is 10.1 Å². The standard InChI is InChI=1S/C17H16ClNO2/c18-14-5-7-15(8-6-14)19-17(20)11-21-16-9-4-12-2-1-3-13(12)10-16/h4-10H,1-3,11H2,(H,19,20). The van der Waals surface area contributed by atoms with E-state index in [2.05, 4.69) is 11.4 Å². The van der Waals surface area contributed by atoms with Crippen LogP contribution >= 0.6 is 11.6 Å². The molecule has 0 fully saturated rings. The van der Waals surface area contributed by atoms with Crippen LogP contribution in [-0.2, 0) is 17.6 Å². The van der Waals surface area contributed by atoms with Crippen molar-refractivity contribution in [1.82, 2.24) is 0 Å². The summed E-state index contributed by atoms with van der Waals surface area (Å²) in [6.45, 7) is 0.00140. The molecule has 0 aromatic heterocycles. The van der Waals surface area contributed by atoms with Crippen molar-refractivity contribution in [3.8, 4) is 5.75 Å². The van der Waals surface area contributed by atoms with Crippen LogP contribution in [0.4, 0.5) is 5.69 Å². The molecular formula is C17H16ClNO2. The van der Waals surface area contributed by atoms with E-state index in [1.54, 1.807) is 24.3 Å². The Morgan fingerprint density at radius 2 is 1.86 bits per heavy atom. The number of fused-ring (bicyclic) bond motifs is 1. The maximum Gasteiger partial charge on any atom is 0.262 e. The molecule has 0 bridgehead atoms. The number of hydrogen-bond donors (Lipinski definition) is 1. The van der Waals surface area contributed by atoms with Crippen LogP contribution in [0.1, 0.15) is 17.5 Å². The highest BCUT2D eigenvalue weighted by Gasteiger charge is 2.11. The van der Waals surface area contributed by atoms with Crippen molar-refractivity contribution >= 4 is 23.2 Å². The van der Waals surface area contributed by atoms with Gasteiger partial charge in [0.05, 0.1) is 0 Å². The van der Waals surface area contributed by atoms with Crippen molar-refractivity contribution in [1.29, 1.82) is 0 Å². The van der Waals surface area contributed by atoms with Crippen LogP contribution in [0.15, 0.2) is 42.5 Å². The normalized spacial score (nSPS) is 12.8. The summed E-state index contributed by atoms with van der Waals surface area (Å²) in [5.74, 6) is 0.569. The summed E-state index contributed by atoms with van der Waals surface area (Å²) in [6.07, 6.45) is 3.45. The third kappa shape index (κ3) is 3.56. The van der Waals surface area contributed by atoms with Crippen molar-refractivity contribution in [2.75, 3.05) is 11.9 Å². The van der Waals surface area contributed by atoms with E-state index < -0.39 is 0 Å². The number of carbonyl (C=O) groups excluding carboxylic acids is 1. The number of halogens is 1. The maximum absolute atomic E-state index is 11.8. The van der Waals surface area contributed by atoms with Crippen LogP contribution in [0.3, 0.4) is 0 Å². The molecule has 0 saturated heterocycles. The molecule has 0 spiro atoms. The zero-order valence-corrected chi connectivity index (χ0v) is 12.3. The Morgan fingerprint density at radius 1 is 1.10 bits per heavy atom. The van der Waals surface area contributed by atoms with E-state index in [1.807, 2.05) is 12.1 Å². The number of nitrogens with one attached hydrogen (secondary N) is 1. The van der Waals surface area contributed by atoms with E-state index in [9.17, 15) is 4.79 Å². The first-order valence-electron chi connectivity index (χ1n) is 7.01. The Hall–Kier alpha value is -2.00. The zero-order chi connectivity index (χ0) is 14.7. The lowest BCUT2D eigenvalue weighted by molar-refractivity contribution is -0.118. The second-order valence-electron chi connectivity index (χ2n) is 5.13. The highest BCUT2D eigenvalue weighted by Crippen LogP contribution is 2.26. The lowest BCUT2D eigenvalue weighted by Crippen LogP contribution is -2.20. The second-order valence-corrected chi connectivity index (χ2v) is 5.56. The molecule has 0 aliphatic heterocycles. The van der Waals surface area contributed by atoms with Gasteiger partial charge < -0.3 is 10.1 Å². The fraction of sp³-hybridized carbons (Fsp3) is 0.235. The van der Waals surface area contributed by atoms with E-state index >= 15 is 0 Å². The average Bonchev–Trinajstić information content (AvgIpc) is 2.95. The van der Waals surface area contributed by atoms with Gasteiger partial charge in [0.1, 0.15) is 5.75 Å². The van der Waals surface area contributed by atoms with Crippen molar-refractivity contribution in [3.05, 3.63) is 58.6 Å². The summed E-state index contributed by atoms with van der Waals surface area (Å²) in [6, 6.07) is 13.1. The molecule has 2 aromatic carbocycles. The largest absolute Gasteiger partial charge is 0.484 e. The summed E-state index contributed by atoms with van der Waals surface area (Å²) in [5, 5.41) is 3.41. The molecule has 3 rings (SSSR count). The minimum Gasteiger partial charge on any atom is -0.484 e. The Morgan fingerprint density at radius 3 is 2.67 bits per heavy atom. The van der Waals surface area contributed by atoms with Crippen LogP contribution in [-0.4, -0.2) is 12.5 Å². The Bertz CT molecular complexity index is 652.